The highest BCUT2D eigenvalue weighted by Gasteiger charge is 2.30. The molecule has 8 heteroatoms. The number of fused-ring (bicyclic) bond motifs is 1. The van der Waals surface area contributed by atoms with Gasteiger partial charge in [-0.05, 0) is 92.1 Å². The standard InChI is InChI=1S/C30H37FN2O4S/c1-36-23-4-3-5-25(18-23)38-17-16-33-15-13-21(22(20-33)7-11-30(34)35)6-9-28(31)26-12-14-32-29-10-8-24(37-2)19-27(26)29/h3-5,8,10,12,14,18-19,21-22,28H,6-7,9,11,13,15-17,20H2,1-2H3,(H,34,35)/t21-,22-,28-/m1/s1. The Kier molecular flexibility index (Phi) is 10.2. The number of carboxylic acids is 1. The number of hydrogen-bond donors (Lipinski definition) is 1. The summed E-state index contributed by atoms with van der Waals surface area (Å²) < 4.78 is 26.2. The van der Waals surface area contributed by atoms with E-state index in [0.717, 1.165) is 54.9 Å². The van der Waals surface area contributed by atoms with Crippen molar-refractivity contribution in [1.82, 2.24) is 9.88 Å². The largest absolute Gasteiger partial charge is 0.497 e. The SMILES string of the molecule is COc1cccc(SCCN2CC[C@@H](CC[C@@H](F)c3ccnc4ccc(OC)cc34)[C@H](CCC(=O)O)C2)c1. The summed E-state index contributed by atoms with van der Waals surface area (Å²) in [5.74, 6) is 2.30. The van der Waals surface area contributed by atoms with Crippen LogP contribution in [0.1, 0.15) is 43.8 Å². The highest BCUT2D eigenvalue weighted by molar-refractivity contribution is 7.99. The molecule has 204 valence electrons. The number of carbonyl (C=O) groups is 1. The van der Waals surface area contributed by atoms with Gasteiger partial charge in [0, 0.05) is 41.7 Å². The molecule has 1 aliphatic heterocycles. The van der Waals surface area contributed by atoms with E-state index in [-0.39, 0.29) is 12.3 Å². The van der Waals surface area contributed by atoms with Crippen molar-refractivity contribution in [3.63, 3.8) is 0 Å². The van der Waals surface area contributed by atoms with Gasteiger partial charge in [0.2, 0.25) is 0 Å². The molecule has 1 aliphatic rings. The number of likely N-dealkylation sites (tertiary alicyclic amines) is 1. The Balaban J connectivity index is 1.34. The Morgan fingerprint density at radius 1 is 1.13 bits per heavy atom. The van der Waals surface area contributed by atoms with Crippen molar-refractivity contribution < 1.29 is 23.8 Å². The van der Waals surface area contributed by atoms with Crippen LogP contribution in [0.5, 0.6) is 11.5 Å². The number of halogens is 1. The maximum absolute atomic E-state index is 15.6. The number of hydrogen-bond acceptors (Lipinski definition) is 6. The molecule has 3 aromatic rings. The number of ether oxygens (including phenoxy) is 2. The van der Waals surface area contributed by atoms with Crippen LogP contribution in [0.25, 0.3) is 10.9 Å². The van der Waals surface area contributed by atoms with Gasteiger partial charge in [0.1, 0.15) is 17.7 Å². The van der Waals surface area contributed by atoms with Crippen molar-refractivity contribution in [3.05, 3.63) is 60.3 Å². The molecule has 4 rings (SSSR count). The van der Waals surface area contributed by atoms with Crippen LogP contribution in [0.4, 0.5) is 4.39 Å². The van der Waals surface area contributed by atoms with E-state index in [9.17, 15) is 9.90 Å². The number of rotatable bonds is 13. The lowest BCUT2D eigenvalue weighted by molar-refractivity contribution is -0.137. The second kappa shape index (κ2) is 13.8. The Labute approximate surface area is 228 Å². The maximum atomic E-state index is 15.6. The van der Waals surface area contributed by atoms with Crippen LogP contribution in [-0.2, 0) is 4.79 Å². The first-order chi connectivity index (χ1) is 18.5. The molecule has 2 heterocycles. The molecule has 0 unspecified atom stereocenters. The summed E-state index contributed by atoms with van der Waals surface area (Å²) in [7, 11) is 3.28. The second-order valence-corrected chi connectivity index (χ2v) is 11.1. The van der Waals surface area contributed by atoms with Crippen LogP contribution in [-0.4, -0.2) is 60.6 Å². The van der Waals surface area contributed by atoms with E-state index < -0.39 is 12.1 Å². The summed E-state index contributed by atoms with van der Waals surface area (Å²) in [5.41, 5.74) is 1.40. The van der Waals surface area contributed by atoms with Crippen LogP contribution in [0, 0.1) is 11.8 Å². The Hall–Kier alpha value is -2.84. The molecule has 0 radical (unpaired) electrons. The summed E-state index contributed by atoms with van der Waals surface area (Å²) >= 11 is 1.80. The Bertz CT molecular complexity index is 1210. The van der Waals surface area contributed by atoms with Gasteiger partial charge in [0.25, 0.3) is 0 Å². The minimum Gasteiger partial charge on any atom is -0.497 e. The topological polar surface area (TPSA) is 71.9 Å². The highest BCUT2D eigenvalue weighted by Crippen LogP contribution is 2.37. The monoisotopic (exact) mass is 540 g/mol. The van der Waals surface area contributed by atoms with Crippen molar-refractivity contribution in [1.29, 1.82) is 0 Å². The van der Waals surface area contributed by atoms with E-state index in [1.54, 1.807) is 38.2 Å². The molecule has 0 amide bonds. The highest BCUT2D eigenvalue weighted by atomic mass is 32.2. The van der Waals surface area contributed by atoms with E-state index in [2.05, 4.69) is 16.0 Å². The molecule has 2 aromatic carbocycles. The number of aromatic nitrogens is 1. The molecule has 0 spiro atoms. The van der Waals surface area contributed by atoms with Gasteiger partial charge in [-0.1, -0.05) is 6.07 Å². The molecule has 38 heavy (non-hydrogen) atoms. The van der Waals surface area contributed by atoms with Gasteiger partial charge in [0.15, 0.2) is 0 Å². The maximum Gasteiger partial charge on any atom is 0.303 e. The number of aliphatic carboxylic acids is 1. The lowest BCUT2D eigenvalue weighted by Gasteiger charge is -2.39. The van der Waals surface area contributed by atoms with Gasteiger partial charge in [-0.25, -0.2) is 4.39 Å². The van der Waals surface area contributed by atoms with Crippen molar-refractivity contribution in [2.24, 2.45) is 11.8 Å². The molecular formula is C30H37FN2O4S. The van der Waals surface area contributed by atoms with Gasteiger partial charge < -0.3 is 19.5 Å². The predicted octanol–water partition coefficient (Wildman–Crippen LogP) is 6.64. The number of thioether (sulfide) groups is 1. The minimum absolute atomic E-state index is 0.154. The van der Waals surface area contributed by atoms with E-state index >= 15 is 4.39 Å². The van der Waals surface area contributed by atoms with Crippen molar-refractivity contribution in [3.8, 4) is 11.5 Å². The molecule has 0 aliphatic carbocycles. The normalized spacial score (nSPS) is 18.8. The number of piperidine rings is 1. The molecule has 1 aromatic heterocycles. The van der Waals surface area contributed by atoms with Crippen LogP contribution in [0.2, 0.25) is 0 Å². The molecule has 0 saturated carbocycles. The zero-order chi connectivity index (χ0) is 26.9. The first kappa shape index (κ1) is 28.2. The number of benzene rings is 2. The van der Waals surface area contributed by atoms with Gasteiger partial charge in [-0.15, -0.1) is 11.8 Å². The molecule has 3 atom stereocenters. The smallest absolute Gasteiger partial charge is 0.303 e. The number of carboxylic acid groups (broad SMARTS) is 1. The fourth-order valence-electron chi connectivity index (χ4n) is 5.42. The van der Waals surface area contributed by atoms with E-state index in [1.807, 2.05) is 36.4 Å². The molecular weight excluding hydrogens is 503 g/mol. The number of alkyl halides is 1. The quantitative estimate of drug-likeness (QED) is 0.244. The molecule has 1 fully saturated rings. The second-order valence-electron chi connectivity index (χ2n) is 9.90. The fourth-order valence-corrected chi connectivity index (χ4v) is 6.38. The number of nitrogens with zero attached hydrogens (tertiary/aromatic N) is 2. The average molecular weight is 541 g/mol. The van der Waals surface area contributed by atoms with Crippen LogP contribution in [0.15, 0.2) is 59.6 Å². The predicted molar refractivity (Wildman–Crippen MR) is 150 cm³/mol. The van der Waals surface area contributed by atoms with Crippen molar-refractivity contribution >= 4 is 28.6 Å². The third-order valence-electron chi connectivity index (χ3n) is 7.53. The van der Waals surface area contributed by atoms with E-state index in [4.69, 9.17) is 9.47 Å². The lowest BCUT2D eigenvalue weighted by atomic mass is 9.79. The molecule has 0 bridgehead atoms. The average Bonchev–Trinajstić information content (AvgIpc) is 2.94. The first-order valence-electron chi connectivity index (χ1n) is 13.2. The molecule has 1 saturated heterocycles. The zero-order valence-electron chi connectivity index (χ0n) is 22.1. The van der Waals surface area contributed by atoms with Crippen molar-refractivity contribution in [2.45, 2.75) is 43.2 Å². The molecule has 6 nitrogen and oxygen atoms in total. The zero-order valence-corrected chi connectivity index (χ0v) is 23.0. The van der Waals surface area contributed by atoms with E-state index in [1.165, 1.54) is 4.90 Å². The minimum atomic E-state index is -1.11. The van der Waals surface area contributed by atoms with Gasteiger partial charge in [0.05, 0.1) is 19.7 Å². The van der Waals surface area contributed by atoms with Crippen LogP contribution >= 0.6 is 11.8 Å². The first-order valence-corrected chi connectivity index (χ1v) is 14.2. The summed E-state index contributed by atoms with van der Waals surface area (Å²) in [6, 6.07) is 15.4. The lowest BCUT2D eigenvalue weighted by Crippen LogP contribution is -2.41. The van der Waals surface area contributed by atoms with Crippen LogP contribution < -0.4 is 9.47 Å². The van der Waals surface area contributed by atoms with Crippen LogP contribution in [0.3, 0.4) is 0 Å². The Morgan fingerprint density at radius 2 is 1.95 bits per heavy atom. The van der Waals surface area contributed by atoms with Gasteiger partial charge in [-0.3, -0.25) is 9.78 Å². The summed E-state index contributed by atoms with van der Waals surface area (Å²) in [6.45, 7) is 2.76. The van der Waals surface area contributed by atoms with Gasteiger partial charge >= 0.3 is 5.97 Å². The third kappa shape index (κ3) is 7.60. The Morgan fingerprint density at radius 3 is 2.74 bits per heavy atom. The fraction of sp³-hybridized carbons (Fsp3) is 0.467. The summed E-state index contributed by atoms with van der Waals surface area (Å²) in [5, 5.41) is 10.1. The van der Waals surface area contributed by atoms with E-state index in [0.29, 0.717) is 30.1 Å². The third-order valence-corrected chi connectivity index (χ3v) is 8.51. The summed E-state index contributed by atoms with van der Waals surface area (Å²) in [4.78, 5) is 19.3. The number of pyridine rings is 1. The molecule has 1 N–H and O–H groups in total. The number of methoxy groups -OCH3 is 2. The van der Waals surface area contributed by atoms with Gasteiger partial charge in [-0.2, -0.15) is 0 Å². The van der Waals surface area contributed by atoms with Crippen molar-refractivity contribution in [2.75, 3.05) is 39.6 Å². The summed E-state index contributed by atoms with van der Waals surface area (Å²) in [6.07, 6.45) is 3.46.